The minimum Gasteiger partial charge on any atom is -0.460 e. The van der Waals surface area contributed by atoms with Crippen LogP contribution in [0.4, 0.5) is 0 Å². The van der Waals surface area contributed by atoms with Crippen LogP contribution < -0.4 is 5.32 Å². The van der Waals surface area contributed by atoms with Gasteiger partial charge in [0.1, 0.15) is 41.5 Å². The normalized spacial score (nSPS) is 35.8. The quantitative estimate of drug-likeness (QED) is 0.0820. The summed E-state index contributed by atoms with van der Waals surface area (Å²) >= 11 is 0. The number of allylic oxidation sites excluding steroid dienone is 1. The van der Waals surface area contributed by atoms with Gasteiger partial charge in [0, 0.05) is 32.2 Å². The van der Waals surface area contributed by atoms with Crippen molar-refractivity contribution in [2.24, 2.45) is 22.7 Å². The molecule has 3 unspecified atom stereocenters. The van der Waals surface area contributed by atoms with Gasteiger partial charge in [0.05, 0.1) is 30.9 Å². The Hall–Kier alpha value is -3.40. The lowest BCUT2D eigenvalue weighted by atomic mass is 9.52. The van der Waals surface area contributed by atoms with E-state index in [0.717, 1.165) is 81.8 Å². The molecule has 0 aromatic heterocycles. The first-order valence-electron chi connectivity index (χ1n) is 27.2. The Kier molecular flexibility index (Phi) is 14.8. The number of hydroxylamine groups is 2. The van der Waals surface area contributed by atoms with E-state index < -0.39 is 77.2 Å². The second-order valence-electron chi connectivity index (χ2n) is 24.2. The minimum absolute atomic E-state index is 0.0106. The SMILES string of the molecule is CCCCCC1(CCCCC)O[C@@H]2[C@H]3ON(Cc4ccccc4C=C4CCC5O[C@]5(C)CC[C@@H]5[C@@H]4CC5(C)C)[C@H]4C(=O)OC(CC34C(=O)N3CCC[C@@H]3C(=O)N[C@H](CO)CCC(=O)OC(C)(C)C)[C@@H]2O1. The van der Waals surface area contributed by atoms with Crippen LogP contribution in [0.2, 0.25) is 0 Å². The molecule has 5 aliphatic heterocycles. The lowest BCUT2D eigenvalue weighted by Gasteiger charge is -2.53. The maximum Gasteiger partial charge on any atom is 0.327 e. The largest absolute Gasteiger partial charge is 0.460 e. The molecule has 0 radical (unpaired) electrons. The molecule has 8 fully saturated rings. The number of carbonyl (C=O) groups is 4. The van der Waals surface area contributed by atoms with Crippen LogP contribution in [-0.4, -0.2) is 118 Å². The standard InChI is InChI=1S/C56H83N3O11/c1-9-11-15-26-55(27-16-12-10-2)68-45-42-32-56(51(64)58-29-17-20-41(58)49(62)57-38(34-60)22-24-44(61)67-52(3,4)5)47(50(63)65-42)59(70-48(56)46(45)69-55)33-37-19-14-13-18-35(37)30-36-21-23-43-54(8,66-43)28-25-40-39(36)31-53(40,6)7/h13-14,18-19,30,38-43,45-48,60H,9-12,15-17,20-29,31-34H2,1-8H3,(H,57,62)/t38-,39+,40+,41+,42?,43?,45-,46-,47-,48+,54+,56?/m0/s1. The molecule has 2 bridgehead atoms. The van der Waals surface area contributed by atoms with E-state index in [1.807, 2.05) is 6.07 Å². The first-order chi connectivity index (χ1) is 33.3. The zero-order valence-electron chi connectivity index (χ0n) is 43.4. The molecule has 388 valence electrons. The number of nitrogens with one attached hydrogen (secondary N) is 1. The van der Waals surface area contributed by atoms with Crippen molar-refractivity contribution < 1.29 is 52.8 Å². The van der Waals surface area contributed by atoms with Crippen LogP contribution in [-0.2, 0) is 54.2 Å². The molecule has 8 aliphatic rings. The second-order valence-corrected chi connectivity index (χ2v) is 24.2. The van der Waals surface area contributed by atoms with Crippen molar-refractivity contribution in [2.75, 3.05) is 13.2 Å². The van der Waals surface area contributed by atoms with E-state index in [1.165, 1.54) is 5.57 Å². The third-order valence-corrected chi connectivity index (χ3v) is 17.6. The van der Waals surface area contributed by atoms with Gasteiger partial charge in [-0.05, 0) is 120 Å². The highest BCUT2D eigenvalue weighted by Gasteiger charge is 2.77. The summed E-state index contributed by atoms with van der Waals surface area (Å²) in [6.07, 6.45) is 13.7. The predicted octanol–water partition coefficient (Wildman–Crippen LogP) is 8.49. The Morgan fingerprint density at radius 3 is 2.39 bits per heavy atom. The molecule has 12 atom stereocenters. The molecule has 9 rings (SSSR count). The number of likely N-dealkylation sites (tertiary alicyclic amines) is 1. The third-order valence-electron chi connectivity index (χ3n) is 17.6. The van der Waals surface area contributed by atoms with Crippen LogP contribution >= 0.6 is 0 Å². The summed E-state index contributed by atoms with van der Waals surface area (Å²) in [6, 6.07) is 5.62. The highest BCUT2D eigenvalue weighted by atomic mass is 16.8. The molecule has 2 amide bonds. The number of epoxide rings is 1. The Balaban J connectivity index is 1.03. The average Bonchev–Trinajstić information content (AvgIpc) is 3.68. The molecule has 5 heterocycles. The van der Waals surface area contributed by atoms with E-state index >= 15 is 4.79 Å². The van der Waals surface area contributed by atoms with Crippen LogP contribution in [0, 0.1) is 22.7 Å². The van der Waals surface area contributed by atoms with E-state index in [2.05, 4.69) is 64.2 Å². The van der Waals surface area contributed by atoms with Gasteiger partial charge < -0.3 is 39.0 Å². The molecule has 2 N–H and O–H groups in total. The Bertz CT molecular complexity index is 2130. The molecule has 1 aromatic rings. The fourth-order valence-corrected chi connectivity index (χ4v) is 13.8. The summed E-state index contributed by atoms with van der Waals surface area (Å²) in [5.41, 5.74) is 1.62. The summed E-state index contributed by atoms with van der Waals surface area (Å²) in [7, 11) is 0. The van der Waals surface area contributed by atoms with E-state index in [4.69, 9.17) is 28.5 Å². The van der Waals surface area contributed by atoms with Gasteiger partial charge in [0.2, 0.25) is 11.8 Å². The maximum atomic E-state index is 15.9. The Labute approximate surface area is 416 Å². The van der Waals surface area contributed by atoms with Gasteiger partial charge in [-0.2, -0.15) is 5.06 Å². The number of aliphatic hydroxyl groups excluding tert-OH is 1. The van der Waals surface area contributed by atoms with E-state index in [0.29, 0.717) is 44.1 Å². The van der Waals surface area contributed by atoms with E-state index in [-0.39, 0.29) is 55.4 Å². The summed E-state index contributed by atoms with van der Waals surface area (Å²) < 4.78 is 32.5. The topological polar surface area (TPSA) is 166 Å². The van der Waals surface area contributed by atoms with Crippen molar-refractivity contribution in [3.8, 4) is 0 Å². The van der Waals surface area contributed by atoms with Gasteiger partial charge in [0.15, 0.2) is 11.8 Å². The van der Waals surface area contributed by atoms with E-state index in [1.54, 1.807) is 30.7 Å². The number of fused-ring (bicyclic) bond motifs is 6. The maximum absolute atomic E-state index is 15.9. The number of rotatable bonds is 18. The van der Waals surface area contributed by atoms with Crippen molar-refractivity contribution in [3.05, 3.63) is 41.0 Å². The number of aliphatic hydroxyl groups is 1. The van der Waals surface area contributed by atoms with Crippen molar-refractivity contribution >= 4 is 29.8 Å². The van der Waals surface area contributed by atoms with Gasteiger partial charge in [-0.3, -0.25) is 24.0 Å². The third kappa shape index (κ3) is 10.0. The summed E-state index contributed by atoms with van der Waals surface area (Å²) in [5, 5.41) is 15.0. The molecule has 1 aromatic carbocycles. The zero-order valence-corrected chi connectivity index (χ0v) is 43.4. The van der Waals surface area contributed by atoms with Gasteiger partial charge >= 0.3 is 11.9 Å². The van der Waals surface area contributed by atoms with Crippen LogP contribution in [0.5, 0.6) is 0 Å². The first kappa shape index (κ1) is 51.5. The molecule has 5 saturated heterocycles. The molecule has 14 heteroatoms. The highest BCUT2D eigenvalue weighted by molar-refractivity contribution is 5.96. The first-order valence-corrected chi connectivity index (χ1v) is 27.2. The number of hydrogen-bond donors (Lipinski definition) is 2. The number of esters is 2. The van der Waals surface area contributed by atoms with Gasteiger partial charge in [-0.1, -0.05) is 89.3 Å². The molecule has 3 aliphatic carbocycles. The lowest BCUT2D eigenvalue weighted by Crippen LogP contribution is -2.70. The van der Waals surface area contributed by atoms with Crippen LogP contribution in [0.1, 0.15) is 182 Å². The summed E-state index contributed by atoms with van der Waals surface area (Å²) in [6.45, 7) is 17.0. The highest BCUT2D eigenvalue weighted by Crippen LogP contribution is 2.61. The van der Waals surface area contributed by atoms with Gasteiger partial charge in [-0.25, -0.2) is 0 Å². The van der Waals surface area contributed by atoms with Crippen LogP contribution in [0.3, 0.4) is 0 Å². The summed E-state index contributed by atoms with van der Waals surface area (Å²) in [5.74, 6) is -1.54. The van der Waals surface area contributed by atoms with Crippen LogP contribution in [0.15, 0.2) is 29.8 Å². The second kappa shape index (κ2) is 20.1. The smallest absolute Gasteiger partial charge is 0.327 e. The average molecular weight is 974 g/mol. The fraction of sp³-hybridized carbons (Fsp3) is 0.786. The molecular formula is C56H83N3O11. The minimum atomic E-state index is -1.45. The van der Waals surface area contributed by atoms with Crippen molar-refractivity contribution in [1.29, 1.82) is 0 Å². The number of hydrogen-bond acceptors (Lipinski definition) is 12. The molecule has 0 spiro atoms. The predicted molar refractivity (Wildman–Crippen MR) is 262 cm³/mol. The van der Waals surface area contributed by atoms with E-state index in [9.17, 15) is 19.5 Å². The van der Waals surface area contributed by atoms with Crippen molar-refractivity contribution in [3.63, 3.8) is 0 Å². The molecule has 3 saturated carbocycles. The Morgan fingerprint density at radius 2 is 1.69 bits per heavy atom. The monoisotopic (exact) mass is 974 g/mol. The summed E-state index contributed by atoms with van der Waals surface area (Å²) in [4.78, 5) is 66.5. The number of unbranched alkanes of at least 4 members (excludes halogenated alkanes) is 4. The fourth-order valence-electron chi connectivity index (χ4n) is 13.8. The molecular weight excluding hydrogens is 891 g/mol. The van der Waals surface area contributed by atoms with Gasteiger partial charge in [-0.15, -0.1) is 0 Å². The van der Waals surface area contributed by atoms with Gasteiger partial charge in [0.25, 0.3) is 0 Å². The van der Waals surface area contributed by atoms with Crippen LogP contribution in [0.25, 0.3) is 6.08 Å². The molecule has 14 nitrogen and oxygen atoms in total. The number of benzene rings is 1. The number of nitrogens with zero attached hydrogens (tertiary/aromatic N) is 2. The number of amides is 2. The van der Waals surface area contributed by atoms with Crippen molar-refractivity contribution in [1.82, 2.24) is 15.3 Å². The number of carbonyl (C=O) groups excluding carboxylic acids is 4. The number of ether oxygens (including phenoxy) is 5. The zero-order chi connectivity index (χ0) is 49.8. The Morgan fingerprint density at radius 1 is 0.957 bits per heavy atom. The lowest BCUT2D eigenvalue weighted by molar-refractivity contribution is -0.225. The van der Waals surface area contributed by atoms with Crippen molar-refractivity contribution in [2.45, 2.75) is 243 Å². The molecule has 70 heavy (non-hydrogen) atoms.